The van der Waals surface area contributed by atoms with Crippen molar-refractivity contribution in [2.45, 2.75) is 19.9 Å². The number of aromatic hydroxyl groups is 1. The maximum Gasteiger partial charge on any atom is 0.407 e. The van der Waals surface area contributed by atoms with Crippen molar-refractivity contribution in [2.24, 2.45) is 5.41 Å². The summed E-state index contributed by atoms with van der Waals surface area (Å²) in [5, 5.41) is 12.3. The van der Waals surface area contributed by atoms with Gasteiger partial charge in [-0.25, -0.2) is 4.79 Å². The summed E-state index contributed by atoms with van der Waals surface area (Å²) in [6.07, 6.45) is -0.436. The molecule has 18 heavy (non-hydrogen) atoms. The van der Waals surface area contributed by atoms with Crippen LogP contribution in [0, 0.1) is 5.41 Å². The molecule has 98 valence electrons. The average Bonchev–Trinajstić information content (AvgIpc) is 2.32. The molecule has 0 radical (unpaired) electrons. The number of ether oxygens (including phenoxy) is 2. The molecule has 0 aromatic heterocycles. The van der Waals surface area contributed by atoms with Crippen LogP contribution in [0.1, 0.15) is 25.5 Å². The largest absolute Gasteiger partial charge is 0.508 e. The number of nitrogens with one attached hydrogen (secondary N) is 1. The number of methoxy groups -OCH3 is 1. The molecule has 1 fully saturated rings. The van der Waals surface area contributed by atoms with Gasteiger partial charge in [0.15, 0.2) is 0 Å². The van der Waals surface area contributed by atoms with Gasteiger partial charge < -0.3 is 19.9 Å². The number of hydrogen-bond donors (Lipinski definition) is 2. The number of carbonyl (C=O) groups excluding carboxylic acids is 1. The molecular weight excluding hydrogens is 234 g/mol. The Balaban J connectivity index is 2.42. The van der Waals surface area contributed by atoms with E-state index in [-0.39, 0.29) is 17.2 Å². The molecule has 1 saturated heterocycles. The fourth-order valence-electron chi connectivity index (χ4n) is 2.13. The summed E-state index contributed by atoms with van der Waals surface area (Å²) in [4.78, 5) is 11.4. The summed E-state index contributed by atoms with van der Waals surface area (Å²) in [5.74, 6) is 0.682. The van der Waals surface area contributed by atoms with Gasteiger partial charge in [0.25, 0.3) is 0 Å². The monoisotopic (exact) mass is 251 g/mol. The number of hydrogen-bond acceptors (Lipinski definition) is 4. The number of alkyl carbamates (subject to hydrolysis) is 1. The smallest absolute Gasteiger partial charge is 0.407 e. The predicted molar refractivity (Wildman–Crippen MR) is 65.7 cm³/mol. The quantitative estimate of drug-likeness (QED) is 0.845. The summed E-state index contributed by atoms with van der Waals surface area (Å²) in [5.41, 5.74) is 0.579. The normalized spacial score (nSPS) is 21.9. The van der Waals surface area contributed by atoms with Gasteiger partial charge in [-0.05, 0) is 12.1 Å². The first-order chi connectivity index (χ1) is 8.44. The molecule has 5 heteroatoms. The Morgan fingerprint density at radius 2 is 2.22 bits per heavy atom. The molecule has 0 bridgehead atoms. The van der Waals surface area contributed by atoms with Gasteiger partial charge in [-0.15, -0.1) is 0 Å². The second-order valence-electron chi connectivity index (χ2n) is 5.07. The fraction of sp³-hybridized carbons (Fsp3) is 0.462. The fourth-order valence-corrected chi connectivity index (χ4v) is 2.13. The average molecular weight is 251 g/mol. The van der Waals surface area contributed by atoms with Crippen LogP contribution in [0.15, 0.2) is 18.2 Å². The van der Waals surface area contributed by atoms with Crippen LogP contribution in [0.3, 0.4) is 0 Å². The number of amides is 1. The molecule has 1 aliphatic heterocycles. The topological polar surface area (TPSA) is 67.8 Å². The highest BCUT2D eigenvalue weighted by atomic mass is 16.6. The van der Waals surface area contributed by atoms with E-state index in [2.05, 4.69) is 5.32 Å². The highest BCUT2D eigenvalue weighted by Gasteiger charge is 2.39. The van der Waals surface area contributed by atoms with E-state index in [4.69, 9.17) is 9.47 Å². The van der Waals surface area contributed by atoms with Crippen molar-refractivity contribution in [1.82, 2.24) is 5.32 Å². The zero-order valence-electron chi connectivity index (χ0n) is 10.7. The molecule has 1 aromatic carbocycles. The summed E-state index contributed by atoms with van der Waals surface area (Å²) in [6, 6.07) is 4.66. The molecule has 1 aliphatic rings. The number of phenols is 1. The van der Waals surface area contributed by atoms with Crippen molar-refractivity contribution < 1.29 is 19.4 Å². The van der Waals surface area contributed by atoms with Crippen molar-refractivity contribution in [2.75, 3.05) is 13.7 Å². The third-order valence-corrected chi connectivity index (χ3v) is 3.15. The zero-order chi connectivity index (χ0) is 13.3. The minimum Gasteiger partial charge on any atom is -0.508 e. The lowest BCUT2D eigenvalue weighted by molar-refractivity contribution is 0.0381. The van der Waals surface area contributed by atoms with Gasteiger partial charge in [-0.3, -0.25) is 0 Å². The molecule has 0 unspecified atom stereocenters. The van der Waals surface area contributed by atoms with Gasteiger partial charge >= 0.3 is 6.09 Å². The van der Waals surface area contributed by atoms with Crippen LogP contribution >= 0.6 is 0 Å². The molecule has 2 rings (SSSR count). The van der Waals surface area contributed by atoms with Gasteiger partial charge in [0.2, 0.25) is 0 Å². The van der Waals surface area contributed by atoms with Crippen molar-refractivity contribution in [3.8, 4) is 11.5 Å². The van der Waals surface area contributed by atoms with Crippen LogP contribution in [-0.2, 0) is 4.74 Å². The lowest BCUT2D eigenvalue weighted by Crippen LogP contribution is -2.47. The predicted octanol–water partition coefficient (Wildman–Crippen LogP) is 2.21. The van der Waals surface area contributed by atoms with Crippen LogP contribution in [-0.4, -0.2) is 24.9 Å². The highest BCUT2D eigenvalue weighted by molar-refractivity contribution is 5.69. The molecule has 1 heterocycles. The molecule has 0 spiro atoms. The van der Waals surface area contributed by atoms with Crippen LogP contribution < -0.4 is 10.1 Å². The van der Waals surface area contributed by atoms with Crippen molar-refractivity contribution in [1.29, 1.82) is 0 Å². The third-order valence-electron chi connectivity index (χ3n) is 3.15. The highest BCUT2D eigenvalue weighted by Crippen LogP contribution is 2.41. The van der Waals surface area contributed by atoms with E-state index in [1.165, 1.54) is 13.2 Å². The van der Waals surface area contributed by atoms with E-state index in [0.717, 1.165) is 5.56 Å². The Labute approximate surface area is 106 Å². The minimum atomic E-state index is -0.436. The van der Waals surface area contributed by atoms with Crippen molar-refractivity contribution in [3.63, 3.8) is 0 Å². The molecule has 5 nitrogen and oxygen atoms in total. The SMILES string of the molecule is COc1cc(O)ccc1[C@H]1NC(=O)OCC1(C)C. The third kappa shape index (κ3) is 2.20. The standard InChI is InChI=1S/C13H17NO4/c1-13(2)7-18-12(16)14-11(13)9-5-4-8(15)6-10(9)17-3/h4-6,11,15H,7H2,1-3H3,(H,14,16)/t11-/m1/s1. The van der Waals surface area contributed by atoms with Crippen molar-refractivity contribution in [3.05, 3.63) is 23.8 Å². The van der Waals surface area contributed by atoms with Crippen molar-refractivity contribution >= 4 is 6.09 Å². The second kappa shape index (κ2) is 4.40. The first-order valence-corrected chi connectivity index (χ1v) is 5.74. The van der Waals surface area contributed by atoms with E-state index in [1.54, 1.807) is 12.1 Å². The van der Waals surface area contributed by atoms with E-state index in [0.29, 0.717) is 12.4 Å². The summed E-state index contributed by atoms with van der Waals surface area (Å²) < 4.78 is 10.3. The van der Waals surface area contributed by atoms with E-state index >= 15 is 0 Å². The van der Waals surface area contributed by atoms with Crippen LogP contribution in [0.2, 0.25) is 0 Å². The van der Waals surface area contributed by atoms with E-state index in [1.807, 2.05) is 13.8 Å². The lowest BCUT2D eigenvalue weighted by atomic mass is 9.80. The first-order valence-electron chi connectivity index (χ1n) is 5.74. The van der Waals surface area contributed by atoms with Gasteiger partial charge in [0, 0.05) is 17.0 Å². The van der Waals surface area contributed by atoms with Crippen LogP contribution in [0.4, 0.5) is 4.79 Å². The molecular formula is C13H17NO4. The Morgan fingerprint density at radius 3 is 2.89 bits per heavy atom. The lowest BCUT2D eigenvalue weighted by Gasteiger charge is -2.39. The van der Waals surface area contributed by atoms with Gasteiger partial charge in [0.05, 0.1) is 13.2 Å². The Kier molecular flexibility index (Phi) is 3.07. The summed E-state index contributed by atoms with van der Waals surface area (Å²) in [6.45, 7) is 4.35. The number of phenolic OH excluding ortho intramolecular Hbond substituents is 1. The molecule has 0 saturated carbocycles. The zero-order valence-corrected chi connectivity index (χ0v) is 10.7. The number of cyclic esters (lactones) is 1. The van der Waals surface area contributed by atoms with Gasteiger partial charge in [-0.2, -0.15) is 0 Å². The molecule has 2 N–H and O–H groups in total. The molecule has 1 atom stereocenters. The van der Waals surface area contributed by atoms with Crippen LogP contribution in [0.25, 0.3) is 0 Å². The maximum absolute atomic E-state index is 11.4. The maximum atomic E-state index is 11.4. The van der Waals surface area contributed by atoms with Gasteiger partial charge in [0.1, 0.15) is 18.1 Å². The number of rotatable bonds is 2. The number of benzene rings is 1. The Hall–Kier alpha value is -1.91. The summed E-state index contributed by atoms with van der Waals surface area (Å²) >= 11 is 0. The Bertz CT molecular complexity index is 470. The summed E-state index contributed by atoms with van der Waals surface area (Å²) in [7, 11) is 1.53. The van der Waals surface area contributed by atoms with Crippen LogP contribution in [0.5, 0.6) is 11.5 Å². The van der Waals surface area contributed by atoms with E-state index in [9.17, 15) is 9.90 Å². The number of carbonyl (C=O) groups is 1. The second-order valence-corrected chi connectivity index (χ2v) is 5.07. The van der Waals surface area contributed by atoms with E-state index < -0.39 is 6.09 Å². The minimum absolute atomic E-state index is 0.131. The molecule has 0 aliphatic carbocycles. The van der Waals surface area contributed by atoms with Gasteiger partial charge in [-0.1, -0.05) is 13.8 Å². The molecule has 1 aromatic rings. The Morgan fingerprint density at radius 1 is 1.50 bits per heavy atom. The molecule has 1 amide bonds. The first kappa shape index (κ1) is 12.5.